The second-order valence-corrected chi connectivity index (χ2v) is 6.22. The van der Waals surface area contributed by atoms with Crippen molar-refractivity contribution in [3.63, 3.8) is 0 Å². The maximum atomic E-state index is 11.9. The molecule has 0 unspecified atom stereocenters. The third-order valence-electron chi connectivity index (χ3n) is 2.43. The number of thiocarbonyl (C=S) groups is 1. The van der Waals surface area contributed by atoms with Gasteiger partial charge in [-0.2, -0.15) is 5.21 Å². The molecule has 0 aliphatic rings. The molecule has 2 aromatic rings. The van der Waals surface area contributed by atoms with Crippen molar-refractivity contribution < 1.29 is 8.42 Å². The number of benzene rings is 1. The maximum Gasteiger partial charge on any atom is 0.216 e. The Bertz CT molecular complexity index is 681. The van der Waals surface area contributed by atoms with Crippen LogP contribution in [0, 0.1) is 0 Å². The van der Waals surface area contributed by atoms with E-state index < -0.39 is 10.0 Å². The van der Waals surface area contributed by atoms with Gasteiger partial charge in [0.15, 0.2) is 5.82 Å². The van der Waals surface area contributed by atoms with Gasteiger partial charge in [-0.25, -0.2) is 13.1 Å². The third-order valence-corrected chi connectivity index (χ3v) is 3.97. The molecule has 2 rings (SSSR count). The van der Waals surface area contributed by atoms with Crippen LogP contribution in [0.1, 0.15) is 17.0 Å². The fourth-order valence-electron chi connectivity index (χ4n) is 1.47. The van der Waals surface area contributed by atoms with Crippen LogP contribution in [0.15, 0.2) is 24.3 Å². The molecule has 20 heavy (non-hydrogen) atoms. The Balaban J connectivity index is 1.98. The highest BCUT2D eigenvalue weighted by molar-refractivity contribution is 7.88. The monoisotopic (exact) mass is 312 g/mol. The zero-order chi connectivity index (χ0) is 14.6. The number of nitrogens with zero attached hydrogens (tertiary/aromatic N) is 3. The van der Waals surface area contributed by atoms with Crippen LogP contribution in [0.5, 0.6) is 0 Å². The van der Waals surface area contributed by atoms with Gasteiger partial charge in [0, 0.05) is 5.56 Å². The van der Waals surface area contributed by atoms with Crippen molar-refractivity contribution in [3.8, 4) is 0 Å². The van der Waals surface area contributed by atoms with E-state index >= 15 is 0 Å². The lowest BCUT2D eigenvalue weighted by molar-refractivity contribution is 0.578. The number of rotatable bonds is 6. The molecule has 0 amide bonds. The van der Waals surface area contributed by atoms with Crippen molar-refractivity contribution in [2.75, 3.05) is 0 Å². The Labute approximate surface area is 120 Å². The molecular formula is C10H12N6O2S2. The van der Waals surface area contributed by atoms with Crippen LogP contribution < -0.4 is 10.5 Å². The molecule has 0 saturated heterocycles. The van der Waals surface area contributed by atoms with Crippen molar-refractivity contribution in [1.82, 2.24) is 25.3 Å². The number of tetrazole rings is 1. The Morgan fingerprint density at radius 2 is 2.05 bits per heavy atom. The minimum atomic E-state index is -3.48. The summed E-state index contributed by atoms with van der Waals surface area (Å²) in [5.74, 6) is 0.125. The van der Waals surface area contributed by atoms with E-state index in [0.717, 1.165) is 0 Å². The summed E-state index contributed by atoms with van der Waals surface area (Å²) >= 11 is 4.83. The number of aromatic nitrogens is 4. The second-order valence-electron chi connectivity index (χ2n) is 3.97. The van der Waals surface area contributed by atoms with Crippen molar-refractivity contribution in [1.29, 1.82) is 0 Å². The normalized spacial score (nSPS) is 11.4. The van der Waals surface area contributed by atoms with Crippen molar-refractivity contribution in [3.05, 3.63) is 41.2 Å². The summed E-state index contributed by atoms with van der Waals surface area (Å²) in [6.07, 6.45) is 0. The van der Waals surface area contributed by atoms with E-state index in [1.54, 1.807) is 24.3 Å². The minimum absolute atomic E-state index is 0.0101. The van der Waals surface area contributed by atoms with E-state index in [1.165, 1.54) is 0 Å². The van der Waals surface area contributed by atoms with Gasteiger partial charge in [-0.3, -0.25) is 0 Å². The van der Waals surface area contributed by atoms with E-state index in [0.29, 0.717) is 11.1 Å². The van der Waals surface area contributed by atoms with Crippen LogP contribution in [0.25, 0.3) is 0 Å². The van der Waals surface area contributed by atoms with Gasteiger partial charge in [0.1, 0.15) is 4.99 Å². The van der Waals surface area contributed by atoms with E-state index in [4.69, 9.17) is 18.0 Å². The molecule has 10 heteroatoms. The quantitative estimate of drug-likeness (QED) is 0.611. The first kappa shape index (κ1) is 14.5. The highest BCUT2D eigenvalue weighted by Gasteiger charge is 2.12. The molecule has 0 spiro atoms. The molecular weight excluding hydrogens is 300 g/mol. The lowest BCUT2D eigenvalue weighted by Gasteiger charge is -2.05. The molecule has 1 heterocycles. The number of hydrogen-bond acceptors (Lipinski definition) is 6. The molecule has 106 valence electrons. The van der Waals surface area contributed by atoms with E-state index in [2.05, 4.69) is 25.3 Å². The average molecular weight is 312 g/mol. The molecule has 0 saturated carbocycles. The number of sulfonamides is 1. The third kappa shape index (κ3) is 4.05. The summed E-state index contributed by atoms with van der Waals surface area (Å²) in [5, 5.41) is 12.9. The lowest BCUT2D eigenvalue weighted by Crippen LogP contribution is -2.25. The Hall–Kier alpha value is -1.91. The number of aromatic amines is 1. The molecule has 0 aliphatic carbocycles. The molecule has 0 bridgehead atoms. The first-order valence-corrected chi connectivity index (χ1v) is 7.61. The maximum absolute atomic E-state index is 11.9. The summed E-state index contributed by atoms with van der Waals surface area (Å²) in [5.41, 5.74) is 6.80. The van der Waals surface area contributed by atoms with Gasteiger partial charge in [0.05, 0.1) is 12.3 Å². The van der Waals surface area contributed by atoms with Crippen LogP contribution in [0.4, 0.5) is 0 Å². The Kier molecular flexibility index (Phi) is 4.37. The largest absolute Gasteiger partial charge is 0.389 e. The fourth-order valence-corrected chi connectivity index (χ4v) is 2.69. The molecule has 0 radical (unpaired) electrons. The zero-order valence-corrected chi connectivity index (χ0v) is 11.9. The first-order chi connectivity index (χ1) is 9.46. The van der Waals surface area contributed by atoms with E-state index in [-0.39, 0.29) is 23.1 Å². The van der Waals surface area contributed by atoms with E-state index in [1.807, 2.05) is 0 Å². The van der Waals surface area contributed by atoms with Crippen LogP contribution in [-0.2, 0) is 22.3 Å². The summed E-state index contributed by atoms with van der Waals surface area (Å²) in [6.45, 7) is -0.0101. The molecule has 0 fully saturated rings. The van der Waals surface area contributed by atoms with Gasteiger partial charge in [0.25, 0.3) is 0 Å². The van der Waals surface area contributed by atoms with E-state index in [9.17, 15) is 8.42 Å². The molecule has 1 aromatic heterocycles. The number of H-pyrrole nitrogens is 1. The Morgan fingerprint density at radius 1 is 1.35 bits per heavy atom. The number of nitrogens with two attached hydrogens (primary N) is 1. The summed E-state index contributed by atoms with van der Waals surface area (Å²) in [4.78, 5) is 0.273. The van der Waals surface area contributed by atoms with Crippen LogP contribution in [0.2, 0.25) is 0 Å². The molecule has 0 aliphatic heterocycles. The number of hydrogen-bond donors (Lipinski definition) is 3. The topological polar surface area (TPSA) is 127 Å². The van der Waals surface area contributed by atoms with Gasteiger partial charge in [-0.05, 0) is 5.56 Å². The van der Waals surface area contributed by atoms with Crippen LogP contribution in [-0.4, -0.2) is 34.0 Å². The molecule has 8 nitrogen and oxygen atoms in total. The summed E-state index contributed by atoms with van der Waals surface area (Å²) in [7, 11) is -3.48. The fraction of sp³-hybridized carbons (Fsp3) is 0.200. The molecule has 0 atom stereocenters. The highest BCUT2D eigenvalue weighted by Crippen LogP contribution is 2.08. The first-order valence-electron chi connectivity index (χ1n) is 5.55. The highest BCUT2D eigenvalue weighted by atomic mass is 32.2. The van der Waals surface area contributed by atoms with Gasteiger partial charge < -0.3 is 5.73 Å². The predicted octanol–water partition coefficient (Wildman–Crippen LogP) is -0.546. The van der Waals surface area contributed by atoms with Gasteiger partial charge in [-0.15, -0.1) is 10.2 Å². The average Bonchev–Trinajstić information content (AvgIpc) is 2.90. The minimum Gasteiger partial charge on any atom is -0.389 e. The van der Waals surface area contributed by atoms with Gasteiger partial charge in [-0.1, -0.05) is 41.7 Å². The molecule has 4 N–H and O–H groups in total. The summed E-state index contributed by atoms with van der Waals surface area (Å²) < 4.78 is 26.1. The SMILES string of the molecule is NC(=S)c1ccc(CS(=O)(=O)NCc2nn[nH]n2)cc1. The van der Waals surface area contributed by atoms with Crippen LogP contribution >= 0.6 is 12.2 Å². The van der Waals surface area contributed by atoms with Crippen LogP contribution in [0.3, 0.4) is 0 Å². The Morgan fingerprint density at radius 3 is 2.60 bits per heavy atom. The van der Waals surface area contributed by atoms with Crippen molar-refractivity contribution in [2.45, 2.75) is 12.3 Å². The van der Waals surface area contributed by atoms with Gasteiger partial charge >= 0.3 is 0 Å². The summed E-state index contributed by atoms with van der Waals surface area (Å²) in [6, 6.07) is 6.71. The number of nitrogens with one attached hydrogen (secondary N) is 2. The van der Waals surface area contributed by atoms with Crippen molar-refractivity contribution in [2.24, 2.45) is 5.73 Å². The molecule has 1 aromatic carbocycles. The lowest BCUT2D eigenvalue weighted by atomic mass is 10.1. The predicted molar refractivity (Wildman–Crippen MR) is 76.0 cm³/mol. The van der Waals surface area contributed by atoms with Crippen molar-refractivity contribution >= 4 is 27.2 Å². The zero-order valence-electron chi connectivity index (χ0n) is 10.3. The second kappa shape index (κ2) is 6.03. The smallest absolute Gasteiger partial charge is 0.216 e. The standard InChI is InChI=1S/C10H12N6O2S2/c11-10(19)8-3-1-7(2-4-8)6-20(17,18)12-5-9-13-15-16-14-9/h1-4,12H,5-6H2,(H2,11,19)(H,13,14,15,16). The van der Waals surface area contributed by atoms with Gasteiger partial charge in [0.2, 0.25) is 10.0 Å².